The van der Waals surface area contributed by atoms with E-state index in [4.69, 9.17) is 14.3 Å². The van der Waals surface area contributed by atoms with Crippen LogP contribution in [0.25, 0.3) is 0 Å². The minimum atomic E-state index is -2.75. The number of esters is 1. The molecule has 2 atom stereocenters. The zero-order chi connectivity index (χ0) is 17.8. The van der Waals surface area contributed by atoms with Crippen LogP contribution in [0.4, 0.5) is 0 Å². The number of hydrogen-bond acceptors (Lipinski definition) is 3. The molecule has 16 heavy (non-hydrogen) atoms. The first-order valence-corrected chi connectivity index (χ1v) is 5.11. The maximum atomic E-state index is 11.8. The Hall–Kier alpha value is -1.32. The van der Waals surface area contributed by atoms with Crippen molar-refractivity contribution in [3.63, 3.8) is 0 Å². The number of imidazole rings is 1. The van der Waals surface area contributed by atoms with E-state index < -0.39 is 49.6 Å². The van der Waals surface area contributed by atoms with Crippen LogP contribution in [-0.4, -0.2) is 22.1 Å². The highest BCUT2D eigenvalue weighted by atomic mass is 16.5. The normalized spacial score (nSPS) is 37.5. The van der Waals surface area contributed by atoms with Gasteiger partial charge in [0, 0.05) is 33.0 Å². The second kappa shape index (κ2) is 4.28. The van der Waals surface area contributed by atoms with Crippen molar-refractivity contribution >= 4 is 5.97 Å². The van der Waals surface area contributed by atoms with Crippen molar-refractivity contribution in [2.24, 2.45) is 18.8 Å². The van der Waals surface area contributed by atoms with E-state index in [0.717, 1.165) is 0 Å². The molecule has 88 valence electrons. The second-order valence-corrected chi connectivity index (χ2v) is 3.67. The van der Waals surface area contributed by atoms with Crippen LogP contribution in [0.5, 0.6) is 0 Å². The summed E-state index contributed by atoms with van der Waals surface area (Å²) in [5.41, 5.74) is -0.526. The molecule has 2 rings (SSSR count). The number of carbonyl (C=O) groups is 1. The number of cyclic esters (lactones) is 1. The highest BCUT2D eigenvalue weighted by molar-refractivity contribution is 5.74. The lowest BCUT2D eigenvalue weighted by Crippen LogP contribution is -2.18. The van der Waals surface area contributed by atoms with E-state index >= 15 is 0 Å². The molecule has 4 nitrogen and oxygen atoms in total. The summed E-state index contributed by atoms with van der Waals surface area (Å²) in [6.45, 7) is -0.263. The molecule has 4 heteroatoms. The standard InChI is InChI=1S/C12H18N2O2/c1-4-11-9(7-16-12(11)15)5-10-6-13-8(2)14(10)3/h6,9,11H,4-5,7H2,1-3H3/t9-,11-/m0/s1/i3D3,5D2,6D,9D. The molecular weight excluding hydrogens is 204 g/mol. The van der Waals surface area contributed by atoms with Crippen molar-refractivity contribution in [3.05, 3.63) is 17.7 Å². The molecule has 0 bridgehead atoms. The Bertz CT molecular complexity index is 640. The fourth-order valence-corrected chi connectivity index (χ4v) is 1.66. The third-order valence-electron chi connectivity index (χ3n) is 2.63. The molecule has 2 heterocycles. The molecule has 0 aromatic carbocycles. The Morgan fingerprint density at radius 1 is 1.94 bits per heavy atom. The Morgan fingerprint density at radius 3 is 3.44 bits per heavy atom. The van der Waals surface area contributed by atoms with Crippen LogP contribution in [0, 0.1) is 18.7 Å². The summed E-state index contributed by atoms with van der Waals surface area (Å²) in [5, 5.41) is 0. The lowest BCUT2D eigenvalue weighted by molar-refractivity contribution is -0.141. The molecule has 1 aromatic heterocycles. The predicted molar refractivity (Wildman–Crippen MR) is 59.9 cm³/mol. The highest BCUT2D eigenvalue weighted by Crippen LogP contribution is 2.28. The third-order valence-corrected chi connectivity index (χ3v) is 2.63. The molecule has 0 radical (unpaired) electrons. The van der Waals surface area contributed by atoms with E-state index in [1.807, 2.05) is 0 Å². The molecule has 1 saturated heterocycles. The van der Waals surface area contributed by atoms with Crippen molar-refractivity contribution in [2.45, 2.75) is 26.6 Å². The summed E-state index contributed by atoms with van der Waals surface area (Å²) < 4.78 is 61.3. The molecule has 0 saturated carbocycles. The summed E-state index contributed by atoms with van der Waals surface area (Å²) in [4.78, 5) is 15.5. The van der Waals surface area contributed by atoms with Crippen LogP contribution in [0.2, 0.25) is 0 Å². The molecule has 0 amide bonds. The van der Waals surface area contributed by atoms with Gasteiger partial charge in [-0.1, -0.05) is 6.92 Å². The van der Waals surface area contributed by atoms with Crippen molar-refractivity contribution in [1.29, 1.82) is 0 Å². The summed E-state index contributed by atoms with van der Waals surface area (Å²) in [5.74, 6) is -3.80. The molecule has 1 aromatic rings. The van der Waals surface area contributed by atoms with Gasteiger partial charge < -0.3 is 9.30 Å². The van der Waals surface area contributed by atoms with Gasteiger partial charge in [-0.25, -0.2) is 4.98 Å². The minimum Gasteiger partial charge on any atom is -0.465 e. The lowest BCUT2D eigenvalue weighted by atomic mass is 9.89. The molecular formula is C12H18N2O2. The fraction of sp³-hybridized carbons (Fsp3) is 0.667. The van der Waals surface area contributed by atoms with Gasteiger partial charge in [0.1, 0.15) is 5.82 Å². The first-order chi connectivity index (χ1) is 10.4. The lowest BCUT2D eigenvalue weighted by Gasteiger charge is -2.13. The summed E-state index contributed by atoms with van der Waals surface area (Å²) >= 11 is 0. The number of aryl methyl sites for hydroxylation is 1. The summed E-state index contributed by atoms with van der Waals surface area (Å²) in [6.07, 6.45) is -2.98. The van der Waals surface area contributed by atoms with Crippen molar-refractivity contribution in [3.8, 4) is 0 Å². The van der Waals surface area contributed by atoms with Gasteiger partial charge in [-0.15, -0.1) is 0 Å². The Balaban J connectivity index is 2.68. The van der Waals surface area contributed by atoms with Crippen molar-refractivity contribution in [2.75, 3.05) is 6.61 Å². The van der Waals surface area contributed by atoms with E-state index in [1.165, 1.54) is 6.92 Å². The van der Waals surface area contributed by atoms with Gasteiger partial charge in [0.2, 0.25) is 0 Å². The Labute approximate surface area is 105 Å². The monoisotopic (exact) mass is 229 g/mol. The van der Waals surface area contributed by atoms with Gasteiger partial charge in [0.05, 0.1) is 13.9 Å². The number of carbonyl (C=O) groups excluding carboxylic acids is 1. The predicted octanol–water partition coefficient (Wildman–Crippen LogP) is 1.47. The van der Waals surface area contributed by atoms with Gasteiger partial charge in [-0.05, 0) is 19.7 Å². The SMILES string of the molecule is [2H]c1nc(C)n(C([2H])([2H])[2H])c1C([2H])([2H])[C@@]1([2H])COC(=O)[C@H]1CC. The number of aromatic nitrogens is 2. The smallest absolute Gasteiger partial charge is 0.309 e. The highest BCUT2D eigenvalue weighted by Gasteiger charge is 2.35. The molecule has 1 aliphatic heterocycles. The van der Waals surface area contributed by atoms with Gasteiger partial charge >= 0.3 is 5.97 Å². The zero-order valence-corrected chi connectivity index (χ0v) is 9.20. The van der Waals surface area contributed by atoms with Crippen molar-refractivity contribution < 1.29 is 19.1 Å². The van der Waals surface area contributed by atoms with Crippen LogP contribution >= 0.6 is 0 Å². The van der Waals surface area contributed by atoms with E-state index in [1.54, 1.807) is 6.92 Å². The number of hydrogen-bond donors (Lipinski definition) is 0. The number of nitrogens with zero attached hydrogens (tertiary/aromatic N) is 2. The molecule has 1 aliphatic rings. The third kappa shape index (κ3) is 1.84. The van der Waals surface area contributed by atoms with Crippen molar-refractivity contribution in [1.82, 2.24) is 9.55 Å². The first kappa shape index (κ1) is 5.34. The summed E-state index contributed by atoms with van der Waals surface area (Å²) in [7, 11) is 0. The largest absolute Gasteiger partial charge is 0.465 e. The Kier molecular flexibility index (Phi) is 1.43. The topological polar surface area (TPSA) is 44.1 Å². The molecule has 1 fully saturated rings. The van der Waals surface area contributed by atoms with E-state index in [0.29, 0.717) is 4.57 Å². The fourth-order valence-electron chi connectivity index (χ4n) is 1.66. The van der Waals surface area contributed by atoms with Crippen LogP contribution in [0.1, 0.15) is 34.5 Å². The Morgan fingerprint density at radius 2 is 2.75 bits per heavy atom. The van der Waals surface area contributed by atoms with Crippen LogP contribution < -0.4 is 0 Å². The molecule has 0 unspecified atom stereocenters. The van der Waals surface area contributed by atoms with Crippen LogP contribution in [-0.2, 0) is 22.9 Å². The average molecular weight is 229 g/mol. The molecule has 0 aliphatic carbocycles. The van der Waals surface area contributed by atoms with E-state index in [2.05, 4.69) is 4.98 Å². The minimum absolute atomic E-state index is 0.0456. The van der Waals surface area contributed by atoms with Gasteiger partial charge in [-0.2, -0.15) is 0 Å². The maximum absolute atomic E-state index is 11.8. The van der Waals surface area contributed by atoms with Crippen LogP contribution in [0.3, 0.4) is 0 Å². The second-order valence-electron chi connectivity index (χ2n) is 3.67. The van der Waals surface area contributed by atoms with E-state index in [9.17, 15) is 4.79 Å². The van der Waals surface area contributed by atoms with Crippen LogP contribution in [0.15, 0.2) is 6.17 Å². The van der Waals surface area contributed by atoms with Gasteiger partial charge in [0.15, 0.2) is 0 Å². The molecule has 0 spiro atoms. The van der Waals surface area contributed by atoms with Gasteiger partial charge in [0.25, 0.3) is 0 Å². The van der Waals surface area contributed by atoms with Gasteiger partial charge in [-0.3, -0.25) is 4.79 Å². The van der Waals surface area contributed by atoms with E-state index in [-0.39, 0.29) is 12.2 Å². The number of ether oxygens (including phenoxy) is 1. The quantitative estimate of drug-likeness (QED) is 0.737. The first-order valence-electron chi connectivity index (χ1n) is 8.61. The maximum Gasteiger partial charge on any atom is 0.309 e. The average Bonchev–Trinajstić information content (AvgIpc) is 2.87. The molecule has 0 N–H and O–H groups in total. The zero-order valence-electron chi connectivity index (χ0n) is 16.2. The summed E-state index contributed by atoms with van der Waals surface area (Å²) in [6, 6.07) is 0. The number of rotatable bonds is 3.